The lowest BCUT2D eigenvalue weighted by atomic mass is 10.0. The Balaban J connectivity index is 1.48. The zero-order valence-corrected chi connectivity index (χ0v) is 16.8. The average Bonchev–Trinajstić information content (AvgIpc) is 3.28. The van der Waals surface area contributed by atoms with Gasteiger partial charge in [0, 0.05) is 6.54 Å². The average molecular weight is 382 g/mol. The second-order valence-corrected chi connectivity index (χ2v) is 7.33. The van der Waals surface area contributed by atoms with Crippen LogP contribution in [0, 0.1) is 0 Å². The highest BCUT2D eigenvalue weighted by Crippen LogP contribution is 2.25. The lowest BCUT2D eigenvalue weighted by Gasteiger charge is -2.16. The van der Waals surface area contributed by atoms with Gasteiger partial charge in [0.25, 0.3) is 0 Å². The summed E-state index contributed by atoms with van der Waals surface area (Å²) in [6, 6.07) is 29.8. The third kappa shape index (κ3) is 4.82. The highest BCUT2D eigenvalue weighted by atomic mass is 15.0. The van der Waals surface area contributed by atoms with Crippen LogP contribution < -0.4 is 5.32 Å². The van der Waals surface area contributed by atoms with Crippen LogP contribution in [0.5, 0.6) is 0 Å². The Hall–Kier alpha value is -3.17. The number of hydrogen-bond donors (Lipinski definition) is 2. The molecule has 0 saturated heterocycles. The van der Waals surface area contributed by atoms with Crippen LogP contribution in [0.25, 0.3) is 22.4 Å². The minimum absolute atomic E-state index is 0.220. The van der Waals surface area contributed by atoms with Crippen LogP contribution in [0.3, 0.4) is 0 Å². The molecule has 0 spiro atoms. The van der Waals surface area contributed by atoms with E-state index in [4.69, 9.17) is 0 Å². The predicted octanol–water partition coefficient (Wildman–Crippen LogP) is 6.37. The molecule has 0 bridgehead atoms. The van der Waals surface area contributed by atoms with Gasteiger partial charge >= 0.3 is 0 Å². The molecular formula is C26H27N3. The lowest BCUT2D eigenvalue weighted by Crippen LogP contribution is -2.22. The van der Waals surface area contributed by atoms with Crippen LogP contribution in [-0.2, 0) is 6.54 Å². The maximum absolute atomic E-state index is 4.69. The molecule has 3 nitrogen and oxygen atoms in total. The molecule has 0 aliphatic rings. The van der Waals surface area contributed by atoms with Gasteiger partial charge in [-0.05, 0) is 28.7 Å². The van der Waals surface area contributed by atoms with Crippen LogP contribution in [0.15, 0.2) is 91.1 Å². The fourth-order valence-corrected chi connectivity index (χ4v) is 3.59. The largest absolute Gasteiger partial charge is 0.341 e. The van der Waals surface area contributed by atoms with Crippen molar-refractivity contribution in [2.45, 2.75) is 32.4 Å². The first kappa shape index (κ1) is 19.2. The van der Waals surface area contributed by atoms with Gasteiger partial charge in [0.05, 0.1) is 17.9 Å². The van der Waals surface area contributed by atoms with Gasteiger partial charge in [0.2, 0.25) is 0 Å². The number of H-pyrrole nitrogens is 1. The first-order valence-corrected chi connectivity index (χ1v) is 10.3. The molecule has 2 N–H and O–H groups in total. The Morgan fingerprint density at radius 3 is 2.10 bits per heavy atom. The Morgan fingerprint density at radius 1 is 0.793 bits per heavy atom. The van der Waals surface area contributed by atoms with Crippen molar-refractivity contribution in [3.8, 4) is 22.4 Å². The summed E-state index contributed by atoms with van der Waals surface area (Å²) in [5, 5.41) is 3.65. The number of hydrogen-bond acceptors (Lipinski definition) is 2. The summed E-state index contributed by atoms with van der Waals surface area (Å²) in [6.45, 7) is 3.05. The zero-order chi connectivity index (χ0) is 19.9. The second-order valence-electron chi connectivity index (χ2n) is 7.33. The number of nitrogens with one attached hydrogen (secondary N) is 2. The van der Waals surface area contributed by atoms with Gasteiger partial charge in [-0.2, -0.15) is 0 Å². The minimum Gasteiger partial charge on any atom is -0.341 e. The van der Waals surface area contributed by atoms with Crippen molar-refractivity contribution in [2.24, 2.45) is 0 Å². The topological polar surface area (TPSA) is 40.7 Å². The fourth-order valence-electron chi connectivity index (χ4n) is 3.59. The van der Waals surface area contributed by atoms with Gasteiger partial charge < -0.3 is 10.3 Å². The number of imidazole rings is 1. The summed E-state index contributed by atoms with van der Waals surface area (Å²) in [6.07, 6.45) is 4.10. The van der Waals surface area contributed by atoms with E-state index in [0.29, 0.717) is 0 Å². The number of nitrogens with zero attached hydrogens (tertiary/aromatic N) is 1. The van der Waals surface area contributed by atoms with Crippen molar-refractivity contribution in [1.82, 2.24) is 15.3 Å². The van der Waals surface area contributed by atoms with E-state index in [0.717, 1.165) is 36.5 Å². The molecule has 0 aliphatic heterocycles. The Labute approximate surface area is 172 Å². The van der Waals surface area contributed by atoms with E-state index < -0.39 is 0 Å². The van der Waals surface area contributed by atoms with Crippen molar-refractivity contribution in [1.29, 1.82) is 0 Å². The van der Waals surface area contributed by atoms with Crippen molar-refractivity contribution in [3.63, 3.8) is 0 Å². The standard InChI is InChI=1S/C26H27N3/c1-2-9-24(27-18-20-10-5-3-6-11-20)26-28-19-25(29-26)23-16-14-22(15-17-23)21-12-7-4-8-13-21/h3-8,10-17,19,24,27H,2,9,18H2,1H3,(H,28,29)/t24-/m1/s1. The molecule has 1 atom stereocenters. The van der Waals surface area contributed by atoms with Gasteiger partial charge in [0.1, 0.15) is 5.82 Å². The molecule has 4 rings (SSSR count). The molecule has 0 aliphatic carbocycles. The molecule has 29 heavy (non-hydrogen) atoms. The van der Waals surface area contributed by atoms with Gasteiger partial charge in [-0.1, -0.05) is 98.3 Å². The van der Waals surface area contributed by atoms with E-state index in [1.165, 1.54) is 16.7 Å². The third-order valence-corrected chi connectivity index (χ3v) is 5.20. The van der Waals surface area contributed by atoms with Crippen LogP contribution in [-0.4, -0.2) is 9.97 Å². The maximum atomic E-state index is 4.69. The maximum Gasteiger partial charge on any atom is 0.123 e. The highest BCUT2D eigenvalue weighted by Gasteiger charge is 2.14. The Kier molecular flexibility index (Phi) is 6.18. The normalized spacial score (nSPS) is 12.0. The van der Waals surface area contributed by atoms with Crippen LogP contribution in [0.1, 0.15) is 37.2 Å². The molecule has 3 heteroatoms. The van der Waals surface area contributed by atoms with Crippen molar-refractivity contribution in [3.05, 3.63) is 103 Å². The van der Waals surface area contributed by atoms with Crippen LogP contribution >= 0.6 is 0 Å². The molecule has 146 valence electrons. The quantitative estimate of drug-likeness (QED) is 0.372. The number of aromatic amines is 1. The van der Waals surface area contributed by atoms with E-state index in [1.54, 1.807) is 0 Å². The van der Waals surface area contributed by atoms with Crippen molar-refractivity contribution < 1.29 is 0 Å². The van der Waals surface area contributed by atoms with Gasteiger partial charge in [0.15, 0.2) is 0 Å². The fraction of sp³-hybridized carbons (Fsp3) is 0.192. The number of aromatic nitrogens is 2. The van der Waals surface area contributed by atoms with Gasteiger partial charge in [-0.15, -0.1) is 0 Å². The number of benzene rings is 3. The van der Waals surface area contributed by atoms with E-state index in [1.807, 2.05) is 12.3 Å². The van der Waals surface area contributed by atoms with E-state index in [9.17, 15) is 0 Å². The first-order chi connectivity index (χ1) is 14.3. The summed E-state index contributed by atoms with van der Waals surface area (Å²) >= 11 is 0. The lowest BCUT2D eigenvalue weighted by molar-refractivity contribution is 0.474. The molecule has 1 aromatic heterocycles. The molecular weight excluding hydrogens is 354 g/mol. The molecule has 1 heterocycles. The van der Waals surface area contributed by atoms with Crippen LogP contribution in [0.4, 0.5) is 0 Å². The summed E-state index contributed by atoms with van der Waals surface area (Å²) < 4.78 is 0. The summed E-state index contributed by atoms with van der Waals surface area (Å²) in [7, 11) is 0. The first-order valence-electron chi connectivity index (χ1n) is 10.3. The Bertz CT molecular complexity index is 1000. The smallest absolute Gasteiger partial charge is 0.123 e. The summed E-state index contributed by atoms with van der Waals surface area (Å²) in [4.78, 5) is 8.22. The highest BCUT2D eigenvalue weighted by molar-refractivity contribution is 5.68. The number of rotatable bonds is 8. The second kappa shape index (κ2) is 9.35. The molecule has 0 unspecified atom stereocenters. The summed E-state index contributed by atoms with van der Waals surface area (Å²) in [5.41, 5.74) is 5.96. The van der Waals surface area contributed by atoms with Crippen molar-refractivity contribution >= 4 is 0 Å². The van der Waals surface area contributed by atoms with Gasteiger partial charge in [-0.3, -0.25) is 0 Å². The predicted molar refractivity (Wildman–Crippen MR) is 120 cm³/mol. The van der Waals surface area contributed by atoms with E-state index >= 15 is 0 Å². The molecule has 4 aromatic rings. The SMILES string of the molecule is CCC[C@@H](NCc1ccccc1)c1ncc(-c2ccc(-c3ccccc3)cc2)[nH]1. The van der Waals surface area contributed by atoms with Gasteiger partial charge in [-0.25, -0.2) is 4.98 Å². The molecule has 0 amide bonds. The Morgan fingerprint density at radius 2 is 1.41 bits per heavy atom. The molecule has 0 radical (unpaired) electrons. The van der Waals surface area contributed by atoms with E-state index in [2.05, 4.69) is 101 Å². The monoisotopic (exact) mass is 381 g/mol. The van der Waals surface area contributed by atoms with Crippen molar-refractivity contribution in [2.75, 3.05) is 0 Å². The summed E-state index contributed by atoms with van der Waals surface area (Å²) in [5.74, 6) is 1.00. The molecule has 0 fully saturated rings. The molecule has 3 aromatic carbocycles. The van der Waals surface area contributed by atoms with E-state index in [-0.39, 0.29) is 6.04 Å². The third-order valence-electron chi connectivity index (χ3n) is 5.20. The molecule has 0 saturated carbocycles. The van der Waals surface area contributed by atoms with Crippen LogP contribution in [0.2, 0.25) is 0 Å². The zero-order valence-electron chi connectivity index (χ0n) is 16.8. The minimum atomic E-state index is 0.220.